The van der Waals surface area contributed by atoms with Crippen molar-refractivity contribution in [2.45, 2.75) is 31.4 Å². The first kappa shape index (κ1) is 6.95. The lowest BCUT2D eigenvalue weighted by Crippen LogP contribution is -2.23. The van der Waals surface area contributed by atoms with Gasteiger partial charge in [-0.2, -0.15) is 0 Å². The van der Waals surface area contributed by atoms with Gasteiger partial charge in [0, 0.05) is 11.0 Å². The van der Waals surface area contributed by atoms with Crippen molar-refractivity contribution in [3.05, 3.63) is 10.4 Å². The number of rotatable bonds is 1. The van der Waals surface area contributed by atoms with Crippen LogP contribution in [0.4, 0.5) is 0 Å². The molecule has 2 bridgehead atoms. The van der Waals surface area contributed by atoms with Crippen molar-refractivity contribution in [3.63, 3.8) is 0 Å². The fourth-order valence-electron chi connectivity index (χ4n) is 2.42. The number of hydrogen-bond acceptors (Lipinski definition) is 2. The molecular weight excluding hydrogens is 142 g/mol. The topological polar surface area (TPSA) is 69.0 Å². The molecule has 0 radical (unpaired) electrons. The molecular formula is C7H11N3O. The smallest absolute Gasteiger partial charge is 0.0571 e. The standard InChI is InChI=1S/C7H11N3O/c8-10-9-6-2-5-1-4(6)3-7(5)11/h4-7,11H,1-3H2/t4-,5-,6+,7+/m0/s1. The van der Waals surface area contributed by atoms with Crippen LogP contribution in [-0.4, -0.2) is 17.3 Å². The van der Waals surface area contributed by atoms with E-state index in [9.17, 15) is 5.11 Å². The summed E-state index contributed by atoms with van der Waals surface area (Å²) >= 11 is 0. The minimum atomic E-state index is -0.120. The number of azide groups is 1. The van der Waals surface area contributed by atoms with Crippen LogP contribution in [0.25, 0.3) is 10.4 Å². The molecule has 11 heavy (non-hydrogen) atoms. The van der Waals surface area contributed by atoms with E-state index < -0.39 is 0 Å². The van der Waals surface area contributed by atoms with Gasteiger partial charge >= 0.3 is 0 Å². The molecule has 0 unspecified atom stereocenters. The Kier molecular flexibility index (Phi) is 1.51. The Hall–Kier alpha value is -0.730. The molecule has 0 saturated heterocycles. The van der Waals surface area contributed by atoms with E-state index in [0.717, 1.165) is 19.3 Å². The van der Waals surface area contributed by atoms with Crippen molar-refractivity contribution in [1.82, 2.24) is 0 Å². The zero-order chi connectivity index (χ0) is 7.84. The van der Waals surface area contributed by atoms with Crippen LogP contribution in [0.1, 0.15) is 19.3 Å². The van der Waals surface area contributed by atoms with E-state index in [-0.39, 0.29) is 12.1 Å². The van der Waals surface area contributed by atoms with Gasteiger partial charge in [0.15, 0.2) is 0 Å². The van der Waals surface area contributed by atoms with Gasteiger partial charge in [-0.25, -0.2) is 0 Å². The first-order valence-electron chi connectivity index (χ1n) is 4.03. The van der Waals surface area contributed by atoms with E-state index in [1.165, 1.54) is 0 Å². The van der Waals surface area contributed by atoms with Gasteiger partial charge in [0.2, 0.25) is 0 Å². The summed E-state index contributed by atoms with van der Waals surface area (Å²) in [5.74, 6) is 0.876. The summed E-state index contributed by atoms with van der Waals surface area (Å²) in [6.45, 7) is 0. The SMILES string of the molecule is [N-]=[N+]=N[C@@H]1C[C@@H]2C[C@H]1C[C@H]2O. The zero-order valence-corrected chi connectivity index (χ0v) is 6.22. The summed E-state index contributed by atoms with van der Waals surface area (Å²) in [5, 5.41) is 13.1. The highest BCUT2D eigenvalue weighted by molar-refractivity contribution is 4.98. The summed E-state index contributed by atoms with van der Waals surface area (Å²) in [7, 11) is 0. The minimum Gasteiger partial charge on any atom is -0.393 e. The van der Waals surface area contributed by atoms with Gasteiger partial charge in [0.25, 0.3) is 0 Å². The van der Waals surface area contributed by atoms with E-state index in [0.29, 0.717) is 11.8 Å². The molecule has 4 heteroatoms. The Bertz CT molecular complexity index is 210. The van der Waals surface area contributed by atoms with Crippen LogP contribution in [0.3, 0.4) is 0 Å². The number of hydrogen-bond donors (Lipinski definition) is 1. The van der Waals surface area contributed by atoms with Crippen LogP contribution in [0.5, 0.6) is 0 Å². The van der Waals surface area contributed by atoms with Crippen molar-refractivity contribution in [2.75, 3.05) is 0 Å². The summed E-state index contributed by atoms with van der Waals surface area (Å²) in [4.78, 5) is 2.80. The van der Waals surface area contributed by atoms with Crippen molar-refractivity contribution in [2.24, 2.45) is 17.0 Å². The Balaban J connectivity index is 2.08. The molecule has 0 aliphatic heterocycles. The first-order chi connectivity index (χ1) is 5.31. The van der Waals surface area contributed by atoms with Crippen LogP contribution in [0, 0.1) is 11.8 Å². The summed E-state index contributed by atoms with van der Waals surface area (Å²) < 4.78 is 0. The third kappa shape index (κ3) is 0.988. The summed E-state index contributed by atoms with van der Waals surface area (Å²) in [6.07, 6.45) is 2.68. The number of fused-ring (bicyclic) bond motifs is 2. The van der Waals surface area contributed by atoms with Crippen molar-refractivity contribution in [3.8, 4) is 0 Å². The highest BCUT2D eigenvalue weighted by Crippen LogP contribution is 2.46. The van der Waals surface area contributed by atoms with Crippen molar-refractivity contribution in [1.29, 1.82) is 0 Å². The van der Waals surface area contributed by atoms with Gasteiger partial charge in [-0.15, -0.1) is 0 Å². The van der Waals surface area contributed by atoms with E-state index >= 15 is 0 Å². The Morgan fingerprint density at radius 2 is 2.09 bits per heavy atom. The maximum atomic E-state index is 9.37. The third-order valence-corrected chi connectivity index (χ3v) is 2.98. The average molecular weight is 153 g/mol. The third-order valence-electron chi connectivity index (χ3n) is 2.98. The van der Waals surface area contributed by atoms with E-state index in [1.54, 1.807) is 0 Å². The predicted molar refractivity (Wildman–Crippen MR) is 39.8 cm³/mol. The van der Waals surface area contributed by atoms with Crippen LogP contribution in [-0.2, 0) is 0 Å². The van der Waals surface area contributed by atoms with E-state index in [2.05, 4.69) is 10.0 Å². The van der Waals surface area contributed by atoms with Gasteiger partial charge in [0.1, 0.15) is 0 Å². The lowest BCUT2D eigenvalue weighted by atomic mass is 9.94. The molecule has 2 rings (SSSR count). The van der Waals surface area contributed by atoms with Crippen LogP contribution in [0.15, 0.2) is 5.11 Å². The fraction of sp³-hybridized carbons (Fsp3) is 1.00. The molecule has 0 aromatic carbocycles. The molecule has 1 N–H and O–H groups in total. The summed E-state index contributed by atoms with van der Waals surface area (Å²) in [6, 6.07) is 0.174. The normalized spacial score (nSPS) is 47.4. The second kappa shape index (κ2) is 2.40. The average Bonchev–Trinajstić information content (AvgIpc) is 2.47. The van der Waals surface area contributed by atoms with Crippen LogP contribution in [0.2, 0.25) is 0 Å². The van der Waals surface area contributed by atoms with Crippen molar-refractivity contribution >= 4 is 0 Å². The number of aliphatic hydroxyl groups excluding tert-OH is 1. The monoisotopic (exact) mass is 153 g/mol. The molecule has 2 aliphatic carbocycles. The number of aliphatic hydroxyl groups is 1. The fourth-order valence-corrected chi connectivity index (χ4v) is 2.42. The molecule has 4 atom stereocenters. The molecule has 0 aromatic rings. The molecule has 2 aliphatic rings. The highest BCUT2D eigenvalue weighted by atomic mass is 16.3. The van der Waals surface area contributed by atoms with Gasteiger partial charge in [-0.3, -0.25) is 0 Å². The van der Waals surface area contributed by atoms with E-state index in [1.807, 2.05) is 0 Å². The molecule has 60 valence electrons. The molecule has 0 amide bonds. The Labute approximate surface area is 64.8 Å². The zero-order valence-electron chi connectivity index (χ0n) is 6.22. The molecule has 2 fully saturated rings. The quantitative estimate of drug-likeness (QED) is 0.346. The Morgan fingerprint density at radius 3 is 2.55 bits per heavy atom. The maximum absolute atomic E-state index is 9.37. The molecule has 0 spiro atoms. The second-order valence-corrected chi connectivity index (χ2v) is 3.57. The minimum absolute atomic E-state index is 0.120. The van der Waals surface area contributed by atoms with Gasteiger partial charge in [-0.1, -0.05) is 5.11 Å². The van der Waals surface area contributed by atoms with Crippen LogP contribution < -0.4 is 0 Å². The maximum Gasteiger partial charge on any atom is 0.0571 e. The molecule has 0 heterocycles. The van der Waals surface area contributed by atoms with Gasteiger partial charge in [-0.05, 0) is 36.6 Å². The largest absolute Gasteiger partial charge is 0.393 e. The van der Waals surface area contributed by atoms with Gasteiger partial charge < -0.3 is 5.11 Å². The molecule has 4 nitrogen and oxygen atoms in total. The predicted octanol–water partition coefficient (Wildman–Crippen LogP) is 1.46. The van der Waals surface area contributed by atoms with Crippen molar-refractivity contribution < 1.29 is 5.11 Å². The highest BCUT2D eigenvalue weighted by Gasteiger charge is 2.44. The van der Waals surface area contributed by atoms with Gasteiger partial charge in [0.05, 0.1) is 6.10 Å². The number of nitrogens with zero attached hydrogens (tertiary/aromatic N) is 3. The Morgan fingerprint density at radius 1 is 1.27 bits per heavy atom. The summed E-state index contributed by atoms with van der Waals surface area (Å²) in [5.41, 5.74) is 8.22. The first-order valence-corrected chi connectivity index (χ1v) is 4.03. The van der Waals surface area contributed by atoms with E-state index in [4.69, 9.17) is 5.53 Å². The second-order valence-electron chi connectivity index (χ2n) is 3.57. The van der Waals surface area contributed by atoms with Crippen LogP contribution >= 0.6 is 0 Å². The molecule has 0 aromatic heterocycles. The molecule has 2 saturated carbocycles. The lowest BCUT2D eigenvalue weighted by Gasteiger charge is -2.20. The lowest BCUT2D eigenvalue weighted by molar-refractivity contribution is 0.108.